The second-order valence-corrected chi connectivity index (χ2v) is 5.46. The molecule has 0 aliphatic carbocycles. The topological polar surface area (TPSA) is 55.1 Å². The van der Waals surface area contributed by atoms with E-state index in [-0.39, 0.29) is 11.8 Å². The Labute approximate surface area is 130 Å². The molecular weight excluding hydrogens is 280 g/mol. The van der Waals surface area contributed by atoms with Gasteiger partial charge in [0.25, 0.3) is 0 Å². The molecule has 0 aliphatic heterocycles. The highest BCUT2D eigenvalue weighted by molar-refractivity contribution is 7.80. The van der Waals surface area contributed by atoms with Crippen LogP contribution in [0.25, 0.3) is 0 Å². The highest BCUT2D eigenvalue weighted by Crippen LogP contribution is 2.21. The second kappa shape index (κ2) is 6.50. The molecule has 0 radical (unpaired) electrons. The maximum atomic E-state index is 12.4. The van der Waals surface area contributed by atoms with E-state index in [0.717, 1.165) is 22.4 Å². The summed E-state index contributed by atoms with van der Waals surface area (Å²) in [7, 11) is 0. The number of amides is 1. The highest BCUT2D eigenvalue weighted by Gasteiger charge is 2.16. The van der Waals surface area contributed by atoms with E-state index >= 15 is 0 Å². The van der Waals surface area contributed by atoms with Crippen LogP contribution in [0.15, 0.2) is 48.5 Å². The summed E-state index contributed by atoms with van der Waals surface area (Å²) in [5, 5.41) is 2.95. The first-order chi connectivity index (χ1) is 9.99. The molecule has 21 heavy (non-hydrogen) atoms. The Bertz CT molecular complexity index is 668. The Morgan fingerprint density at radius 3 is 2.48 bits per heavy atom. The molecule has 0 spiro atoms. The predicted molar refractivity (Wildman–Crippen MR) is 90.6 cm³/mol. The van der Waals surface area contributed by atoms with Gasteiger partial charge in [-0.15, -0.1) is 0 Å². The normalized spacial score (nSPS) is 11.7. The van der Waals surface area contributed by atoms with Gasteiger partial charge in [0, 0.05) is 11.3 Å². The van der Waals surface area contributed by atoms with E-state index in [9.17, 15) is 4.79 Å². The van der Waals surface area contributed by atoms with Gasteiger partial charge in [-0.3, -0.25) is 4.79 Å². The molecule has 1 unspecified atom stereocenters. The molecule has 0 saturated carbocycles. The third-order valence-electron chi connectivity index (χ3n) is 3.47. The van der Waals surface area contributed by atoms with E-state index in [4.69, 9.17) is 18.0 Å². The molecule has 0 fully saturated rings. The van der Waals surface area contributed by atoms with Crippen LogP contribution in [-0.2, 0) is 4.79 Å². The van der Waals surface area contributed by atoms with Crippen LogP contribution >= 0.6 is 12.2 Å². The number of carbonyl (C=O) groups excluding carboxylic acids is 1. The van der Waals surface area contributed by atoms with Crippen LogP contribution < -0.4 is 11.1 Å². The molecule has 0 aromatic heterocycles. The van der Waals surface area contributed by atoms with Gasteiger partial charge in [0.05, 0.1) is 5.92 Å². The van der Waals surface area contributed by atoms with E-state index in [1.54, 1.807) is 0 Å². The number of thiocarbonyl (C=S) groups is 1. The van der Waals surface area contributed by atoms with Crippen LogP contribution in [0.2, 0.25) is 0 Å². The van der Waals surface area contributed by atoms with E-state index in [1.165, 1.54) is 0 Å². The van der Waals surface area contributed by atoms with Crippen molar-refractivity contribution in [3.05, 3.63) is 65.2 Å². The molecule has 3 N–H and O–H groups in total. The molecule has 0 saturated heterocycles. The number of anilines is 1. The Morgan fingerprint density at radius 1 is 1.19 bits per heavy atom. The van der Waals surface area contributed by atoms with Crippen molar-refractivity contribution in [2.24, 2.45) is 5.73 Å². The summed E-state index contributed by atoms with van der Waals surface area (Å²) < 4.78 is 0. The van der Waals surface area contributed by atoms with Gasteiger partial charge in [-0.1, -0.05) is 54.7 Å². The Morgan fingerprint density at radius 2 is 1.86 bits per heavy atom. The number of aryl methyl sites for hydroxylation is 1. The average Bonchev–Trinajstić information content (AvgIpc) is 2.49. The molecule has 0 heterocycles. The summed E-state index contributed by atoms with van der Waals surface area (Å²) in [6.45, 7) is 3.82. The molecule has 1 amide bonds. The van der Waals surface area contributed by atoms with Gasteiger partial charge in [0.15, 0.2) is 0 Å². The molecule has 2 rings (SSSR count). The molecule has 108 valence electrons. The quantitative estimate of drug-likeness (QED) is 0.851. The zero-order valence-electron chi connectivity index (χ0n) is 12.1. The van der Waals surface area contributed by atoms with Crippen molar-refractivity contribution < 1.29 is 4.79 Å². The first-order valence-electron chi connectivity index (χ1n) is 6.75. The van der Waals surface area contributed by atoms with E-state index in [1.807, 2.05) is 62.4 Å². The minimum atomic E-state index is -0.223. The summed E-state index contributed by atoms with van der Waals surface area (Å²) >= 11 is 4.97. The lowest BCUT2D eigenvalue weighted by atomic mass is 10.00. The van der Waals surface area contributed by atoms with Gasteiger partial charge in [-0.05, 0) is 31.0 Å². The van der Waals surface area contributed by atoms with Crippen molar-refractivity contribution in [3.8, 4) is 0 Å². The van der Waals surface area contributed by atoms with Crippen LogP contribution in [0.4, 0.5) is 5.69 Å². The number of nitrogens with two attached hydrogens (primary N) is 1. The fourth-order valence-corrected chi connectivity index (χ4v) is 2.17. The lowest BCUT2D eigenvalue weighted by Crippen LogP contribution is -2.20. The first kappa shape index (κ1) is 15.2. The smallest absolute Gasteiger partial charge is 0.231 e. The summed E-state index contributed by atoms with van der Waals surface area (Å²) in [5.74, 6) is -0.275. The van der Waals surface area contributed by atoms with Gasteiger partial charge in [0.2, 0.25) is 5.91 Å². The average molecular weight is 298 g/mol. The first-order valence-corrected chi connectivity index (χ1v) is 7.16. The molecule has 4 heteroatoms. The van der Waals surface area contributed by atoms with Crippen LogP contribution in [0.1, 0.15) is 29.5 Å². The van der Waals surface area contributed by atoms with E-state index in [0.29, 0.717) is 4.99 Å². The van der Waals surface area contributed by atoms with Crippen molar-refractivity contribution in [2.75, 3.05) is 5.32 Å². The lowest BCUT2D eigenvalue weighted by molar-refractivity contribution is -0.117. The van der Waals surface area contributed by atoms with Crippen LogP contribution in [0.5, 0.6) is 0 Å². The maximum absolute atomic E-state index is 12.4. The maximum Gasteiger partial charge on any atom is 0.231 e. The molecular formula is C17H18N2OS. The van der Waals surface area contributed by atoms with Gasteiger partial charge in [-0.2, -0.15) is 0 Å². The van der Waals surface area contributed by atoms with Crippen molar-refractivity contribution in [3.63, 3.8) is 0 Å². The van der Waals surface area contributed by atoms with Gasteiger partial charge in [-0.25, -0.2) is 0 Å². The molecule has 2 aromatic carbocycles. The molecule has 1 atom stereocenters. The zero-order valence-corrected chi connectivity index (χ0v) is 12.9. The van der Waals surface area contributed by atoms with Gasteiger partial charge >= 0.3 is 0 Å². The number of hydrogen-bond acceptors (Lipinski definition) is 2. The molecule has 3 nitrogen and oxygen atoms in total. The molecule has 0 aliphatic rings. The van der Waals surface area contributed by atoms with Crippen molar-refractivity contribution >= 4 is 28.8 Å². The number of carbonyl (C=O) groups is 1. The molecule has 2 aromatic rings. The minimum absolute atomic E-state index is 0.0515. The summed E-state index contributed by atoms with van der Waals surface area (Å²) in [6, 6.07) is 15.3. The Balaban J connectivity index is 2.20. The highest BCUT2D eigenvalue weighted by atomic mass is 32.1. The monoisotopic (exact) mass is 298 g/mol. The minimum Gasteiger partial charge on any atom is -0.389 e. The SMILES string of the molecule is Cc1ccc(C(N)=S)cc1NC(=O)C(C)c1ccccc1. The predicted octanol–water partition coefficient (Wildman–Crippen LogP) is 3.37. The third-order valence-corrected chi connectivity index (χ3v) is 3.71. The number of benzene rings is 2. The number of hydrogen-bond donors (Lipinski definition) is 2. The summed E-state index contributed by atoms with van der Waals surface area (Å²) in [5.41, 5.74) is 9.09. The Kier molecular flexibility index (Phi) is 4.70. The third kappa shape index (κ3) is 3.67. The van der Waals surface area contributed by atoms with Crippen LogP contribution in [0.3, 0.4) is 0 Å². The van der Waals surface area contributed by atoms with E-state index in [2.05, 4.69) is 5.32 Å². The zero-order chi connectivity index (χ0) is 15.4. The molecule has 0 bridgehead atoms. The fraction of sp³-hybridized carbons (Fsp3) is 0.176. The van der Waals surface area contributed by atoms with E-state index < -0.39 is 0 Å². The van der Waals surface area contributed by atoms with Gasteiger partial charge in [0.1, 0.15) is 4.99 Å². The van der Waals surface area contributed by atoms with Crippen LogP contribution in [-0.4, -0.2) is 10.9 Å². The number of nitrogens with one attached hydrogen (secondary N) is 1. The van der Waals surface area contributed by atoms with Crippen molar-refractivity contribution in [1.29, 1.82) is 0 Å². The summed E-state index contributed by atoms with van der Waals surface area (Å²) in [6.07, 6.45) is 0. The lowest BCUT2D eigenvalue weighted by Gasteiger charge is -2.15. The Hall–Kier alpha value is -2.20. The van der Waals surface area contributed by atoms with Crippen LogP contribution in [0, 0.1) is 6.92 Å². The van der Waals surface area contributed by atoms with Crippen molar-refractivity contribution in [1.82, 2.24) is 0 Å². The van der Waals surface area contributed by atoms with Crippen molar-refractivity contribution in [2.45, 2.75) is 19.8 Å². The largest absolute Gasteiger partial charge is 0.389 e. The number of rotatable bonds is 4. The summed E-state index contributed by atoms with van der Waals surface area (Å²) in [4.78, 5) is 12.7. The van der Waals surface area contributed by atoms with Gasteiger partial charge < -0.3 is 11.1 Å². The standard InChI is InChI=1S/C17H18N2OS/c1-11-8-9-14(16(18)21)10-15(11)19-17(20)12(2)13-6-4-3-5-7-13/h3-10,12H,1-2H3,(H2,18,21)(H,19,20). The second-order valence-electron chi connectivity index (χ2n) is 5.02. The fourth-order valence-electron chi connectivity index (χ4n) is 2.04.